The van der Waals surface area contributed by atoms with E-state index in [1.807, 2.05) is 0 Å². The van der Waals surface area contributed by atoms with Gasteiger partial charge in [-0.2, -0.15) is 0 Å². The average molecular weight is 470 g/mol. The number of hydrogen-bond donors (Lipinski definition) is 1. The van der Waals surface area contributed by atoms with E-state index in [9.17, 15) is 13.2 Å². The highest BCUT2D eigenvalue weighted by molar-refractivity contribution is 7.92. The first-order valence-electron chi connectivity index (χ1n) is 7.62. The summed E-state index contributed by atoms with van der Waals surface area (Å²) >= 11 is 23.9. The number of carbonyl (C=O) groups excluding carboxylic acids is 1. The molecule has 0 heterocycles. The minimum absolute atomic E-state index is 0.176. The number of carbonyl (C=O) groups is 1. The van der Waals surface area contributed by atoms with E-state index >= 15 is 0 Å². The molecule has 0 unspecified atom stereocenters. The van der Waals surface area contributed by atoms with Crippen molar-refractivity contribution in [3.05, 3.63) is 56.0 Å². The van der Waals surface area contributed by atoms with Gasteiger partial charge >= 0.3 is 0 Å². The Morgan fingerprint density at radius 3 is 2.22 bits per heavy atom. The first-order valence-corrected chi connectivity index (χ1v) is 11.0. The highest BCUT2D eigenvalue weighted by Gasteiger charge is 2.30. The van der Waals surface area contributed by atoms with Gasteiger partial charge in [-0.05, 0) is 43.7 Å². The first kappa shape index (κ1) is 22.1. The number of amides is 1. The lowest BCUT2D eigenvalue weighted by molar-refractivity contribution is -0.116. The van der Waals surface area contributed by atoms with E-state index in [1.165, 1.54) is 25.1 Å². The van der Waals surface area contributed by atoms with Crippen molar-refractivity contribution in [2.24, 2.45) is 0 Å². The predicted octanol–water partition coefficient (Wildman–Crippen LogP) is 5.40. The third kappa shape index (κ3) is 5.21. The van der Waals surface area contributed by atoms with Crippen LogP contribution in [0.3, 0.4) is 0 Å². The molecule has 146 valence electrons. The van der Waals surface area contributed by atoms with Crippen molar-refractivity contribution in [1.29, 1.82) is 0 Å². The summed E-state index contributed by atoms with van der Waals surface area (Å²) in [5.41, 5.74) is 1.18. The molecule has 5 nitrogen and oxygen atoms in total. The van der Waals surface area contributed by atoms with Crippen LogP contribution < -0.4 is 9.62 Å². The zero-order valence-corrected chi connectivity index (χ0v) is 18.4. The van der Waals surface area contributed by atoms with Gasteiger partial charge in [0.25, 0.3) is 0 Å². The zero-order chi connectivity index (χ0) is 20.5. The summed E-state index contributed by atoms with van der Waals surface area (Å²) in [6.07, 6.45) is 1.02. The van der Waals surface area contributed by atoms with Gasteiger partial charge in [0.15, 0.2) is 0 Å². The van der Waals surface area contributed by atoms with E-state index in [2.05, 4.69) is 5.32 Å². The molecule has 10 heteroatoms. The molecule has 2 aromatic carbocycles. The van der Waals surface area contributed by atoms with Crippen LogP contribution >= 0.6 is 46.4 Å². The fraction of sp³-hybridized carbons (Fsp3) is 0.235. The minimum Gasteiger partial charge on any atom is -0.323 e. The minimum atomic E-state index is -3.79. The van der Waals surface area contributed by atoms with Crippen molar-refractivity contribution >= 4 is 73.7 Å². The normalized spacial score (nSPS) is 12.6. The molecule has 2 rings (SSSR count). The smallest absolute Gasteiger partial charge is 0.248 e. The first-order chi connectivity index (χ1) is 12.4. The molecule has 0 aliphatic carbocycles. The van der Waals surface area contributed by atoms with Crippen LogP contribution in [0.25, 0.3) is 0 Å². The number of aryl methyl sites for hydroxylation is 1. The largest absolute Gasteiger partial charge is 0.323 e. The van der Waals surface area contributed by atoms with Crippen LogP contribution in [-0.2, 0) is 14.8 Å². The lowest BCUT2D eigenvalue weighted by atomic mass is 10.1. The Balaban J connectivity index is 2.42. The summed E-state index contributed by atoms with van der Waals surface area (Å²) in [5.74, 6) is -0.597. The molecule has 0 spiro atoms. The Hall–Kier alpha value is -1.18. The number of nitrogens with zero attached hydrogens (tertiary/aromatic N) is 1. The van der Waals surface area contributed by atoms with Gasteiger partial charge < -0.3 is 5.32 Å². The van der Waals surface area contributed by atoms with Crippen LogP contribution in [0.5, 0.6) is 0 Å². The van der Waals surface area contributed by atoms with Gasteiger partial charge in [0, 0.05) is 5.02 Å². The van der Waals surface area contributed by atoms with Gasteiger partial charge in [0.05, 0.1) is 32.7 Å². The molecule has 0 bridgehead atoms. The van der Waals surface area contributed by atoms with Crippen molar-refractivity contribution < 1.29 is 13.2 Å². The SMILES string of the molecule is Cc1ccc(Cl)cc1N([C@H](C)C(=O)Nc1cc(Cl)c(Cl)cc1Cl)S(C)(=O)=O. The monoisotopic (exact) mass is 468 g/mol. The van der Waals surface area contributed by atoms with Gasteiger partial charge in [0.1, 0.15) is 6.04 Å². The van der Waals surface area contributed by atoms with Gasteiger partial charge in [-0.1, -0.05) is 52.5 Å². The number of halogens is 4. The fourth-order valence-electron chi connectivity index (χ4n) is 2.46. The Kier molecular flexibility index (Phi) is 6.92. The van der Waals surface area contributed by atoms with Crippen LogP contribution in [0, 0.1) is 6.92 Å². The number of hydrogen-bond acceptors (Lipinski definition) is 3. The van der Waals surface area contributed by atoms with Crippen molar-refractivity contribution in [2.75, 3.05) is 15.9 Å². The van der Waals surface area contributed by atoms with E-state index in [0.717, 1.165) is 10.6 Å². The summed E-state index contributed by atoms with van der Waals surface area (Å²) < 4.78 is 25.8. The van der Waals surface area contributed by atoms with Crippen molar-refractivity contribution in [3.8, 4) is 0 Å². The molecule has 1 atom stereocenters. The lowest BCUT2D eigenvalue weighted by Gasteiger charge is -2.29. The molecule has 2 aromatic rings. The number of anilines is 2. The van der Waals surface area contributed by atoms with E-state index in [0.29, 0.717) is 16.3 Å². The maximum absolute atomic E-state index is 12.7. The second-order valence-corrected chi connectivity index (χ2v) is 9.42. The molecular weight excluding hydrogens is 454 g/mol. The Bertz CT molecular complexity index is 996. The molecule has 0 saturated carbocycles. The van der Waals surface area contributed by atoms with Crippen LogP contribution in [0.4, 0.5) is 11.4 Å². The maximum Gasteiger partial charge on any atom is 0.248 e. The zero-order valence-electron chi connectivity index (χ0n) is 14.6. The standard InChI is InChI=1S/C17H16Cl4N2O3S/c1-9-4-5-11(18)6-16(9)23(27(3,25)26)10(2)17(24)22-15-8-13(20)12(19)7-14(15)21/h4-8,10H,1-3H3,(H,22,24)/t10-/m1/s1. The summed E-state index contributed by atoms with van der Waals surface area (Å²) in [4.78, 5) is 12.7. The molecule has 1 N–H and O–H groups in total. The van der Waals surface area contributed by atoms with E-state index < -0.39 is 22.0 Å². The van der Waals surface area contributed by atoms with Gasteiger partial charge in [-0.3, -0.25) is 9.10 Å². The fourth-order valence-corrected chi connectivity index (χ4v) is 4.44. The van der Waals surface area contributed by atoms with E-state index in [4.69, 9.17) is 46.4 Å². The summed E-state index contributed by atoms with van der Waals surface area (Å²) in [5, 5.41) is 3.55. The van der Waals surface area contributed by atoms with Crippen LogP contribution in [0.2, 0.25) is 20.1 Å². The molecule has 0 saturated heterocycles. The Labute approximate surface area is 178 Å². The van der Waals surface area contributed by atoms with Crippen molar-refractivity contribution in [1.82, 2.24) is 0 Å². The number of rotatable bonds is 5. The molecule has 0 aliphatic heterocycles. The van der Waals surface area contributed by atoms with Gasteiger partial charge in [-0.25, -0.2) is 8.42 Å². The third-order valence-corrected chi connectivity index (χ3v) is 6.26. The molecule has 1 amide bonds. The van der Waals surface area contributed by atoms with Crippen LogP contribution in [0.15, 0.2) is 30.3 Å². The Morgan fingerprint density at radius 2 is 1.63 bits per heavy atom. The number of sulfonamides is 1. The predicted molar refractivity (Wildman–Crippen MR) is 113 cm³/mol. The van der Waals surface area contributed by atoms with E-state index in [1.54, 1.807) is 19.1 Å². The quantitative estimate of drug-likeness (QED) is 0.596. The van der Waals surface area contributed by atoms with E-state index in [-0.39, 0.29) is 20.8 Å². The molecular formula is C17H16Cl4N2O3S. The second kappa shape index (κ2) is 8.45. The molecule has 0 radical (unpaired) electrons. The lowest BCUT2D eigenvalue weighted by Crippen LogP contribution is -2.45. The van der Waals surface area contributed by atoms with Crippen LogP contribution in [0.1, 0.15) is 12.5 Å². The molecule has 27 heavy (non-hydrogen) atoms. The van der Waals surface area contributed by atoms with Crippen molar-refractivity contribution in [3.63, 3.8) is 0 Å². The maximum atomic E-state index is 12.7. The summed E-state index contributed by atoms with van der Waals surface area (Å²) in [6, 6.07) is 6.52. The Morgan fingerprint density at radius 1 is 1.04 bits per heavy atom. The second-order valence-electron chi connectivity index (χ2n) is 5.90. The van der Waals surface area contributed by atoms with Gasteiger partial charge in [-0.15, -0.1) is 0 Å². The summed E-state index contributed by atoms with van der Waals surface area (Å²) in [7, 11) is -3.79. The molecule has 0 aromatic heterocycles. The number of nitrogens with one attached hydrogen (secondary N) is 1. The summed E-state index contributed by atoms with van der Waals surface area (Å²) in [6.45, 7) is 3.19. The highest BCUT2D eigenvalue weighted by atomic mass is 35.5. The number of benzene rings is 2. The molecule has 0 aliphatic rings. The molecule has 0 fully saturated rings. The van der Waals surface area contributed by atoms with Crippen LogP contribution in [-0.4, -0.2) is 26.6 Å². The third-order valence-electron chi connectivity index (χ3n) is 3.76. The topological polar surface area (TPSA) is 66.5 Å². The average Bonchev–Trinajstić information content (AvgIpc) is 2.54. The van der Waals surface area contributed by atoms with Crippen molar-refractivity contribution in [2.45, 2.75) is 19.9 Å². The van der Waals surface area contributed by atoms with Gasteiger partial charge in [0.2, 0.25) is 15.9 Å². The highest BCUT2D eigenvalue weighted by Crippen LogP contribution is 2.33.